The van der Waals surface area contributed by atoms with Crippen molar-refractivity contribution < 1.29 is 24.2 Å². The Kier molecular flexibility index (Phi) is 5.66. The standard InChI is InChI=1S/C25H23N3O5/c1-14-22(15-4-8-18(32-2)9-5-15)20-11-7-17(27-25(30)31)13-28(20)23(14)24(29)16-6-10-19(26)21(12-16)33-3/h4-13,27H,26H2,1-3H3,(H,30,31). The molecule has 0 unspecified atom stereocenters. The van der Waals surface area contributed by atoms with E-state index in [-0.39, 0.29) is 5.78 Å². The quantitative estimate of drug-likeness (QED) is 0.289. The van der Waals surface area contributed by atoms with E-state index in [1.165, 1.54) is 7.11 Å². The van der Waals surface area contributed by atoms with E-state index >= 15 is 0 Å². The van der Waals surface area contributed by atoms with Gasteiger partial charge in [0, 0.05) is 17.3 Å². The summed E-state index contributed by atoms with van der Waals surface area (Å²) in [4.78, 5) is 24.8. The van der Waals surface area contributed by atoms with Crippen LogP contribution in [0.2, 0.25) is 0 Å². The van der Waals surface area contributed by atoms with Crippen LogP contribution >= 0.6 is 0 Å². The van der Waals surface area contributed by atoms with Crippen molar-refractivity contribution in [3.8, 4) is 22.6 Å². The molecule has 2 aromatic heterocycles. The highest BCUT2D eigenvalue weighted by Gasteiger charge is 2.24. The van der Waals surface area contributed by atoms with Crippen LogP contribution < -0.4 is 20.5 Å². The summed E-state index contributed by atoms with van der Waals surface area (Å²) in [6.07, 6.45) is 0.412. The zero-order chi connectivity index (χ0) is 23.7. The molecule has 0 aliphatic carbocycles. The molecule has 0 spiro atoms. The normalized spacial score (nSPS) is 10.8. The molecule has 4 N–H and O–H groups in total. The Morgan fingerprint density at radius 3 is 2.36 bits per heavy atom. The van der Waals surface area contributed by atoms with Gasteiger partial charge in [-0.15, -0.1) is 0 Å². The van der Waals surface area contributed by atoms with Gasteiger partial charge in [-0.2, -0.15) is 0 Å². The van der Waals surface area contributed by atoms with Gasteiger partial charge in [-0.3, -0.25) is 10.1 Å². The summed E-state index contributed by atoms with van der Waals surface area (Å²) in [6.45, 7) is 1.87. The minimum absolute atomic E-state index is 0.243. The van der Waals surface area contributed by atoms with Crippen LogP contribution in [0, 0.1) is 6.92 Å². The smallest absolute Gasteiger partial charge is 0.409 e. The lowest BCUT2D eigenvalue weighted by Crippen LogP contribution is -2.10. The molecule has 0 saturated carbocycles. The molecule has 4 aromatic rings. The highest BCUT2D eigenvalue weighted by molar-refractivity contribution is 6.12. The number of nitrogens with zero attached hydrogens (tertiary/aromatic N) is 1. The number of methoxy groups -OCH3 is 2. The lowest BCUT2D eigenvalue weighted by molar-refractivity contribution is 0.103. The summed E-state index contributed by atoms with van der Waals surface area (Å²) >= 11 is 0. The van der Waals surface area contributed by atoms with Gasteiger partial charge in [0.05, 0.1) is 36.8 Å². The van der Waals surface area contributed by atoms with E-state index in [4.69, 9.17) is 20.3 Å². The Balaban J connectivity index is 1.96. The van der Waals surface area contributed by atoms with E-state index in [9.17, 15) is 9.59 Å². The third-order valence-corrected chi connectivity index (χ3v) is 5.52. The van der Waals surface area contributed by atoms with Crippen LogP contribution in [0.3, 0.4) is 0 Å². The molecule has 1 amide bonds. The van der Waals surface area contributed by atoms with Gasteiger partial charge < -0.3 is 24.7 Å². The van der Waals surface area contributed by atoms with Crippen molar-refractivity contribution in [1.29, 1.82) is 0 Å². The number of ketones is 1. The number of hydrogen-bond acceptors (Lipinski definition) is 5. The first-order chi connectivity index (χ1) is 15.8. The van der Waals surface area contributed by atoms with E-state index in [0.29, 0.717) is 28.4 Å². The number of benzene rings is 2. The number of ether oxygens (including phenoxy) is 2. The number of nitrogens with one attached hydrogen (secondary N) is 1. The van der Waals surface area contributed by atoms with Crippen LogP contribution in [0.15, 0.2) is 60.8 Å². The highest BCUT2D eigenvalue weighted by Crippen LogP contribution is 2.36. The lowest BCUT2D eigenvalue weighted by atomic mass is 9.99. The van der Waals surface area contributed by atoms with Crippen molar-refractivity contribution in [2.75, 3.05) is 25.3 Å². The minimum atomic E-state index is -1.19. The first kappa shape index (κ1) is 21.8. The third kappa shape index (κ3) is 3.94. The number of rotatable bonds is 6. The summed E-state index contributed by atoms with van der Waals surface area (Å²) in [5.74, 6) is 0.883. The van der Waals surface area contributed by atoms with Crippen LogP contribution in [0.1, 0.15) is 21.6 Å². The number of anilines is 2. The maximum absolute atomic E-state index is 13.7. The molecular weight excluding hydrogens is 422 g/mol. The van der Waals surface area contributed by atoms with Gasteiger partial charge in [0.2, 0.25) is 5.78 Å². The SMILES string of the molecule is COc1ccc(-c2c(C)c(C(=O)c3ccc(N)c(OC)c3)n3cc(NC(=O)O)ccc23)cc1. The Morgan fingerprint density at radius 2 is 1.73 bits per heavy atom. The number of hydrogen-bond donors (Lipinski definition) is 3. The van der Waals surface area contributed by atoms with Crippen LogP contribution in [0.25, 0.3) is 16.6 Å². The topological polar surface area (TPSA) is 115 Å². The monoisotopic (exact) mass is 445 g/mol. The molecule has 33 heavy (non-hydrogen) atoms. The summed E-state index contributed by atoms with van der Waals surface area (Å²) in [7, 11) is 3.09. The molecule has 0 atom stereocenters. The molecule has 0 bridgehead atoms. The molecule has 0 radical (unpaired) electrons. The number of aromatic nitrogens is 1. The molecule has 2 aromatic carbocycles. The maximum Gasteiger partial charge on any atom is 0.409 e. The summed E-state index contributed by atoms with van der Waals surface area (Å²) in [5.41, 5.74) is 10.8. The second-order valence-corrected chi connectivity index (χ2v) is 7.47. The van der Waals surface area contributed by atoms with E-state index in [1.807, 2.05) is 31.2 Å². The Labute approximate surface area is 190 Å². The summed E-state index contributed by atoms with van der Waals surface area (Å²) < 4.78 is 12.3. The van der Waals surface area contributed by atoms with Crippen LogP contribution in [-0.4, -0.2) is 35.6 Å². The number of nitrogen functional groups attached to an aromatic ring is 1. The second kappa shape index (κ2) is 8.58. The van der Waals surface area contributed by atoms with E-state index in [0.717, 1.165) is 28.0 Å². The molecule has 2 heterocycles. The van der Waals surface area contributed by atoms with Crippen molar-refractivity contribution in [2.24, 2.45) is 0 Å². The fourth-order valence-corrected chi connectivity index (χ4v) is 3.97. The van der Waals surface area contributed by atoms with Crippen molar-refractivity contribution in [2.45, 2.75) is 6.92 Å². The van der Waals surface area contributed by atoms with Gasteiger partial charge in [0.25, 0.3) is 0 Å². The highest BCUT2D eigenvalue weighted by atomic mass is 16.5. The maximum atomic E-state index is 13.7. The molecule has 0 saturated heterocycles. The van der Waals surface area contributed by atoms with Crippen molar-refractivity contribution in [3.63, 3.8) is 0 Å². The van der Waals surface area contributed by atoms with Crippen molar-refractivity contribution in [3.05, 3.63) is 77.6 Å². The average molecular weight is 445 g/mol. The van der Waals surface area contributed by atoms with E-state index in [2.05, 4.69) is 5.32 Å². The molecule has 0 fully saturated rings. The van der Waals surface area contributed by atoms with Crippen LogP contribution in [0.5, 0.6) is 11.5 Å². The van der Waals surface area contributed by atoms with Crippen molar-refractivity contribution in [1.82, 2.24) is 4.40 Å². The number of nitrogens with two attached hydrogens (primary N) is 1. The summed E-state index contributed by atoms with van der Waals surface area (Å²) in [5, 5.41) is 11.5. The first-order valence-electron chi connectivity index (χ1n) is 10.1. The number of carbonyl (C=O) groups excluding carboxylic acids is 1. The van der Waals surface area contributed by atoms with Crippen LogP contribution in [0.4, 0.5) is 16.2 Å². The predicted octanol–water partition coefficient (Wildman–Crippen LogP) is 4.84. The zero-order valence-electron chi connectivity index (χ0n) is 18.4. The van der Waals surface area contributed by atoms with Gasteiger partial charge >= 0.3 is 6.09 Å². The number of fused-ring (bicyclic) bond motifs is 1. The van der Waals surface area contributed by atoms with Gasteiger partial charge in [-0.05, 0) is 60.5 Å². The fraction of sp³-hybridized carbons (Fsp3) is 0.120. The Hall–Kier alpha value is -4.46. The second-order valence-electron chi connectivity index (χ2n) is 7.47. The van der Waals surface area contributed by atoms with Crippen molar-refractivity contribution >= 4 is 28.8 Å². The zero-order valence-corrected chi connectivity index (χ0v) is 18.4. The molecular formula is C25H23N3O5. The lowest BCUT2D eigenvalue weighted by Gasteiger charge is -2.09. The largest absolute Gasteiger partial charge is 0.497 e. The molecule has 4 rings (SSSR count). The fourth-order valence-electron chi connectivity index (χ4n) is 3.97. The molecule has 0 aliphatic heterocycles. The molecule has 0 aliphatic rings. The number of carboxylic acid groups (broad SMARTS) is 1. The average Bonchev–Trinajstić information content (AvgIpc) is 3.09. The number of amides is 1. The Morgan fingerprint density at radius 1 is 1.00 bits per heavy atom. The van der Waals surface area contributed by atoms with E-state index < -0.39 is 6.09 Å². The number of pyridine rings is 1. The third-order valence-electron chi connectivity index (χ3n) is 5.52. The number of carbonyl (C=O) groups is 2. The molecule has 8 nitrogen and oxygen atoms in total. The molecule has 168 valence electrons. The van der Waals surface area contributed by atoms with Crippen LogP contribution in [-0.2, 0) is 0 Å². The summed E-state index contributed by atoms with van der Waals surface area (Å²) in [6, 6.07) is 15.9. The first-order valence-corrected chi connectivity index (χ1v) is 10.1. The van der Waals surface area contributed by atoms with E-state index in [1.54, 1.807) is 48.0 Å². The van der Waals surface area contributed by atoms with Gasteiger partial charge in [0.1, 0.15) is 11.5 Å². The minimum Gasteiger partial charge on any atom is -0.497 e. The van der Waals surface area contributed by atoms with Gasteiger partial charge in [-0.25, -0.2) is 4.79 Å². The van der Waals surface area contributed by atoms with Gasteiger partial charge in [-0.1, -0.05) is 12.1 Å². The Bertz CT molecular complexity index is 1370. The predicted molar refractivity (Wildman–Crippen MR) is 127 cm³/mol. The van der Waals surface area contributed by atoms with Gasteiger partial charge in [0.15, 0.2) is 0 Å². The molecule has 8 heteroatoms.